The molecule has 7 heteroatoms. The smallest absolute Gasteiger partial charge is 0.244 e. The number of amides is 3. The predicted molar refractivity (Wildman–Crippen MR) is 109 cm³/mol. The van der Waals surface area contributed by atoms with Crippen molar-refractivity contribution in [2.45, 2.75) is 13.3 Å². The van der Waals surface area contributed by atoms with Crippen LogP contribution >= 0.6 is 0 Å². The molecule has 0 aliphatic carbocycles. The van der Waals surface area contributed by atoms with E-state index in [1.165, 1.54) is 4.90 Å². The first-order valence-corrected chi connectivity index (χ1v) is 9.23. The van der Waals surface area contributed by atoms with Crippen molar-refractivity contribution in [2.24, 2.45) is 0 Å². The second-order valence-corrected chi connectivity index (χ2v) is 6.78. The summed E-state index contributed by atoms with van der Waals surface area (Å²) in [7, 11) is 1.71. The van der Waals surface area contributed by atoms with E-state index in [1.807, 2.05) is 37.3 Å². The molecule has 0 aromatic heterocycles. The summed E-state index contributed by atoms with van der Waals surface area (Å²) in [6.45, 7) is 2.11. The van der Waals surface area contributed by atoms with Crippen molar-refractivity contribution in [3.8, 4) is 0 Å². The lowest BCUT2D eigenvalue weighted by molar-refractivity contribution is -0.123. The average molecular weight is 380 g/mol. The minimum absolute atomic E-state index is 0.0280. The van der Waals surface area contributed by atoms with Gasteiger partial charge in [-0.1, -0.05) is 37.3 Å². The highest BCUT2D eigenvalue weighted by Crippen LogP contribution is 2.28. The molecular formula is C21H24N4O3. The highest BCUT2D eigenvalue weighted by atomic mass is 16.2. The topological polar surface area (TPSA) is 81.8 Å². The minimum atomic E-state index is -0.233. The molecule has 2 aromatic rings. The number of carbonyl (C=O) groups excluding carboxylic acids is 3. The van der Waals surface area contributed by atoms with Gasteiger partial charge in [-0.25, -0.2) is 0 Å². The molecule has 0 saturated heterocycles. The van der Waals surface area contributed by atoms with Crippen LogP contribution in [0.5, 0.6) is 0 Å². The van der Waals surface area contributed by atoms with Gasteiger partial charge in [0.15, 0.2) is 0 Å². The third-order valence-corrected chi connectivity index (χ3v) is 4.56. The molecule has 0 unspecified atom stereocenters. The molecule has 0 saturated carbocycles. The molecular weight excluding hydrogens is 356 g/mol. The summed E-state index contributed by atoms with van der Waals surface area (Å²) in [6, 6.07) is 14.8. The number of benzene rings is 2. The van der Waals surface area contributed by atoms with Gasteiger partial charge in [0.25, 0.3) is 0 Å². The van der Waals surface area contributed by atoms with Gasteiger partial charge in [-0.15, -0.1) is 0 Å². The molecule has 146 valence electrons. The molecule has 0 bridgehead atoms. The largest absolute Gasteiger partial charge is 0.325 e. The molecule has 3 amide bonds. The summed E-state index contributed by atoms with van der Waals surface area (Å²) in [5.74, 6) is -0.650. The Bertz CT molecular complexity index is 897. The van der Waals surface area contributed by atoms with Crippen LogP contribution in [0.25, 0.3) is 0 Å². The zero-order valence-electron chi connectivity index (χ0n) is 16.1. The molecule has 0 fully saturated rings. The van der Waals surface area contributed by atoms with Crippen LogP contribution < -0.4 is 15.5 Å². The van der Waals surface area contributed by atoms with Gasteiger partial charge in [-0.05, 0) is 37.2 Å². The van der Waals surface area contributed by atoms with E-state index in [4.69, 9.17) is 0 Å². The Morgan fingerprint density at radius 2 is 1.82 bits per heavy atom. The third kappa shape index (κ3) is 4.55. The van der Waals surface area contributed by atoms with Crippen molar-refractivity contribution in [3.63, 3.8) is 0 Å². The molecule has 7 nitrogen and oxygen atoms in total. The summed E-state index contributed by atoms with van der Waals surface area (Å²) in [4.78, 5) is 40.1. The Morgan fingerprint density at radius 3 is 2.61 bits per heavy atom. The van der Waals surface area contributed by atoms with Gasteiger partial charge in [0.2, 0.25) is 17.7 Å². The molecule has 0 radical (unpaired) electrons. The fourth-order valence-electron chi connectivity index (χ4n) is 3.21. The number of fused-ring (bicyclic) bond motifs is 1. The van der Waals surface area contributed by atoms with Gasteiger partial charge >= 0.3 is 0 Å². The number of carbonyl (C=O) groups is 3. The maximum Gasteiger partial charge on any atom is 0.244 e. The van der Waals surface area contributed by atoms with Crippen LogP contribution in [0.2, 0.25) is 0 Å². The SMILES string of the molecule is CCc1ccccc1NC(=O)CN(C)CC(=O)N1CC(=O)Nc2ccccc21. The minimum Gasteiger partial charge on any atom is -0.325 e. The summed E-state index contributed by atoms with van der Waals surface area (Å²) in [5.41, 5.74) is 3.13. The van der Waals surface area contributed by atoms with Crippen LogP contribution in [-0.4, -0.2) is 49.3 Å². The predicted octanol–water partition coefficient (Wildman–Crippen LogP) is 2.10. The molecule has 1 heterocycles. The van der Waals surface area contributed by atoms with E-state index in [0.29, 0.717) is 11.4 Å². The Morgan fingerprint density at radius 1 is 1.11 bits per heavy atom. The van der Waals surface area contributed by atoms with E-state index in [1.54, 1.807) is 30.1 Å². The van der Waals surface area contributed by atoms with Crippen LogP contribution in [0, 0.1) is 0 Å². The second kappa shape index (κ2) is 8.67. The van der Waals surface area contributed by atoms with Gasteiger partial charge in [0, 0.05) is 5.69 Å². The van der Waals surface area contributed by atoms with E-state index < -0.39 is 0 Å². The van der Waals surface area contributed by atoms with E-state index in [-0.39, 0.29) is 37.4 Å². The number of nitrogens with zero attached hydrogens (tertiary/aromatic N) is 2. The lowest BCUT2D eigenvalue weighted by atomic mass is 10.1. The van der Waals surface area contributed by atoms with Gasteiger partial charge in [-0.3, -0.25) is 24.2 Å². The Hall–Kier alpha value is -3.19. The fraction of sp³-hybridized carbons (Fsp3) is 0.286. The maximum atomic E-state index is 12.7. The Kier molecular flexibility index (Phi) is 6.06. The van der Waals surface area contributed by atoms with Crippen LogP contribution in [0.1, 0.15) is 12.5 Å². The number of hydrogen-bond donors (Lipinski definition) is 2. The number of anilines is 3. The van der Waals surface area contributed by atoms with Crippen molar-refractivity contribution in [3.05, 3.63) is 54.1 Å². The quantitative estimate of drug-likeness (QED) is 0.804. The lowest BCUT2D eigenvalue weighted by Gasteiger charge is -2.30. The number of rotatable bonds is 6. The fourth-order valence-corrected chi connectivity index (χ4v) is 3.21. The average Bonchev–Trinajstić information content (AvgIpc) is 2.67. The molecule has 3 rings (SSSR count). The first-order chi connectivity index (χ1) is 13.5. The van der Waals surface area contributed by atoms with Gasteiger partial charge in [0.1, 0.15) is 6.54 Å². The molecule has 1 aliphatic heterocycles. The molecule has 28 heavy (non-hydrogen) atoms. The van der Waals surface area contributed by atoms with E-state index in [9.17, 15) is 14.4 Å². The molecule has 0 atom stereocenters. The normalized spacial score (nSPS) is 13.1. The summed E-state index contributed by atoms with van der Waals surface area (Å²) < 4.78 is 0. The van der Waals surface area contributed by atoms with Crippen LogP contribution in [-0.2, 0) is 20.8 Å². The summed E-state index contributed by atoms with van der Waals surface area (Å²) >= 11 is 0. The lowest BCUT2D eigenvalue weighted by Crippen LogP contribution is -2.47. The summed E-state index contributed by atoms with van der Waals surface area (Å²) in [5, 5.41) is 5.66. The first-order valence-electron chi connectivity index (χ1n) is 9.23. The molecule has 0 spiro atoms. The molecule has 2 aromatic carbocycles. The van der Waals surface area contributed by atoms with Crippen molar-refractivity contribution in [1.29, 1.82) is 0 Å². The number of hydrogen-bond acceptors (Lipinski definition) is 4. The van der Waals surface area contributed by atoms with Gasteiger partial charge in [0.05, 0.1) is 24.5 Å². The van der Waals surface area contributed by atoms with Crippen molar-refractivity contribution < 1.29 is 14.4 Å². The second-order valence-electron chi connectivity index (χ2n) is 6.78. The molecule has 1 aliphatic rings. The molecule has 2 N–H and O–H groups in total. The number of aryl methyl sites for hydroxylation is 1. The standard InChI is InChI=1S/C21H24N4O3/c1-3-15-8-4-5-9-16(15)22-19(26)12-24(2)14-21(28)25-13-20(27)23-17-10-6-7-11-18(17)25/h4-11H,3,12-14H2,1-2H3,(H,22,26)(H,23,27). The first kappa shape index (κ1) is 19.6. The monoisotopic (exact) mass is 380 g/mol. The van der Waals surface area contributed by atoms with Gasteiger partial charge in [-0.2, -0.15) is 0 Å². The van der Waals surface area contributed by atoms with Crippen LogP contribution in [0.15, 0.2) is 48.5 Å². The van der Waals surface area contributed by atoms with E-state index in [2.05, 4.69) is 10.6 Å². The van der Waals surface area contributed by atoms with E-state index in [0.717, 1.165) is 17.7 Å². The van der Waals surface area contributed by atoms with Crippen molar-refractivity contribution >= 4 is 34.8 Å². The third-order valence-electron chi connectivity index (χ3n) is 4.56. The number of likely N-dealkylation sites (N-methyl/N-ethyl adjacent to an activating group) is 1. The maximum absolute atomic E-state index is 12.7. The Balaban J connectivity index is 1.60. The highest BCUT2D eigenvalue weighted by molar-refractivity contribution is 6.10. The zero-order chi connectivity index (χ0) is 20.1. The number of nitrogens with one attached hydrogen (secondary N) is 2. The van der Waals surface area contributed by atoms with Crippen LogP contribution in [0.3, 0.4) is 0 Å². The van der Waals surface area contributed by atoms with Gasteiger partial charge < -0.3 is 10.6 Å². The van der Waals surface area contributed by atoms with E-state index >= 15 is 0 Å². The summed E-state index contributed by atoms with van der Waals surface area (Å²) in [6.07, 6.45) is 0.821. The highest BCUT2D eigenvalue weighted by Gasteiger charge is 2.27. The number of para-hydroxylation sites is 3. The van der Waals surface area contributed by atoms with Crippen molar-refractivity contribution in [1.82, 2.24) is 4.90 Å². The van der Waals surface area contributed by atoms with Crippen molar-refractivity contribution in [2.75, 3.05) is 42.2 Å². The Labute approximate surface area is 164 Å². The van der Waals surface area contributed by atoms with Crippen LogP contribution in [0.4, 0.5) is 17.1 Å². The zero-order valence-corrected chi connectivity index (χ0v) is 16.1.